The minimum absolute atomic E-state index is 0.00348. The number of ether oxygens (including phenoxy) is 1. The van der Waals surface area contributed by atoms with E-state index in [1.165, 1.54) is 0 Å². The maximum Gasteiger partial charge on any atom is 0.522 e. The summed E-state index contributed by atoms with van der Waals surface area (Å²) in [6, 6.07) is 5.40. The Morgan fingerprint density at radius 1 is 1.38 bits per heavy atom. The molecule has 0 amide bonds. The van der Waals surface area contributed by atoms with Gasteiger partial charge < -0.3 is 19.5 Å². The van der Waals surface area contributed by atoms with Crippen LogP contribution in [0.2, 0.25) is 6.32 Å². The number of carboxylic acid groups (broad SMARTS) is 1. The van der Waals surface area contributed by atoms with Gasteiger partial charge >= 0.3 is 13.1 Å². The molecule has 4 rings (SSSR count). The lowest BCUT2D eigenvalue weighted by Gasteiger charge is -2.39. The van der Waals surface area contributed by atoms with Gasteiger partial charge in [0.15, 0.2) is 0 Å². The van der Waals surface area contributed by atoms with Crippen LogP contribution < -0.4 is 9.39 Å². The van der Waals surface area contributed by atoms with Crippen LogP contribution >= 0.6 is 0 Å². The Bertz CT molecular complexity index is 792. The van der Waals surface area contributed by atoms with Crippen molar-refractivity contribution in [1.82, 2.24) is 14.7 Å². The first-order valence-electron chi connectivity index (χ1n) is 8.70. The number of fused-ring (bicyclic) bond motifs is 1. The zero-order valence-electron chi connectivity index (χ0n) is 14.2. The summed E-state index contributed by atoms with van der Waals surface area (Å²) >= 11 is 0. The molecule has 8 nitrogen and oxygen atoms in total. The molecule has 2 aliphatic heterocycles. The summed E-state index contributed by atoms with van der Waals surface area (Å²) in [5.74, 6) is -0.591. The molecule has 9 heteroatoms. The normalized spacial score (nSPS) is 17.3. The molecule has 0 saturated carbocycles. The SMILES string of the molecule is O=C(O)c1c(OC2CN(CCn3cccn3)C2)ccc2c1OB(O)CC2. The summed E-state index contributed by atoms with van der Waals surface area (Å²) in [5, 5.41) is 23.5. The number of aryl methyl sites for hydroxylation is 1. The molecule has 0 radical (unpaired) electrons. The molecule has 0 unspecified atom stereocenters. The van der Waals surface area contributed by atoms with Crippen molar-refractivity contribution in [2.24, 2.45) is 0 Å². The van der Waals surface area contributed by atoms with Gasteiger partial charge in [-0.05, 0) is 30.4 Å². The lowest BCUT2D eigenvalue weighted by molar-refractivity contribution is 0.0163. The molecule has 1 saturated heterocycles. The van der Waals surface area contributed by atoms with Crippen LogP contribution in [0.5, 0.6) is 11.5 Å². The van der Waals surface area contributed by atoms with Crippen LogP contribution in [-0.2, 0) is 13.0 Å². The van der Waals surface area contributed by atoms with Gasteiger partial charge in [0.25, 0.3) is 0 Å². The second-order valence-corrected chi connectivity index (χ2v) is 6.61. The number of aromatic carboxylic acids is 1. The maximum atomic E-state index is 11.7. The minimum Gasteiger partial charge on any atom is -0.535 e. The Balaban J connectivity index is 1.39. The van der Waals surface area contributed by atoms with Gasteiger partial charge in [-0.15, -0.1) is 0 Å². The molecule has 0 bridgehead atoms. The van der Waals surface area contributed by atoms with Crippen LogP contribution in [0.1, 0.15) is 15.9 Å². The number of aromatic nitrogens is 2. The highest BCUT2D eigenvalue weighted by atomic mass is 16.5. The highest BCUT2D eigenvalue weighted by Gasteiger charge is 2.33. The number of carbonyl (C=O) groups is 1. The van der Waals surface area contributed by atoms with E-state index in [4.69, 9.17) is 9.39 Å². The van der Waals surface area contributed by atoms with E-state index in [2.05, 4.69) is 10.00 Å². The van der Waals surface area contributed by atoms with Gasteiger partial charge in [-0.2, -0.15) is 5.10 Å². The van der Waals surface area contributed by atoms with E-state index in [-0.39, 0.29) is 17.4 Å². The fourth-order valence-corrected chi connectivity index (χ4v) is 3.35. The van der Waals surface area contributed by atoms with Gasteiger partial charge in [-0.25, -0.2) is 4.79 Å². The van der Waals surface area contributed by atoms with Gasteiger partial charge in [0.1, 0.15) is 23.2 Å². The first-order valence-corrected chi connectivity index (χ1v) is 8.70. The van der Waals surface area contributed by atoms with Crippen molar-refractivity contribution in [2.45, 2.75) is 25.4 Å². The number of nitrogens with zero attached hydrogens (tertiary/aromatic N) is 3. The molecular weight excluding hydrogens is 337 g/mol. The summed E-state index contributed by atoms with van der Waals surface area (Å²) in [6.45, 7) is 3.15. The number of hydrogen-bond donors (Lipinski definition) is 2. The number of carboxylic acids is 1. The fourth-order valence-electron chi connectivity index (χ4n) is 3.35. The third kappa shape index (κ3) is 3.40. The summed E-state index contributed by atoms with van der Waals surface area (Å²) in [5.41, 5.74) is 0.783. The zero-order chi connectivity index (χ0) is 18.1. The Morgan fingerprint density at radius 2 is 2.23 bits per heavy atom. The van der Waals surface area contributed by atoms with E-state index in [9.17, 15) is 14.9 Å². The van der Waals surface area contributed by atoms with Gasteiger partial charge in [-0.3, -0.25) is 9.58 Å². The second-order valence-electron chi connectivity index (χ2n) is 6.61. The van der Waals surface area contributed by atoms with Crippen LogP contribution in [0, 0.1) is 0 Å². The van der Waals surface area contributed by atoms with Crippen molar-refractivity contribution in [3.63, 3.8) is 0 Å². The van der Waals surface area contributed by atoms with E-state index in [1.54, 1.807) is 12.3 Å². The molecule has 26 heavy (non-hydrogen) atoms. The number of hydrogen-bond acceptors (Lipinski definition) is 6. The van der Waals surface area contributed by atoms with E-state index in [0.717, 1.165) is 31.7 Å². The Labute approximate surface area is 151 Å². The third-order valence-corrected chi connectivity index (χ3v) is 4.75. The molecular formula is C17H20BN3O5. The monoisotopic (exact) mass is 357 g/mol. The molecule has 1 aromatic heterocycles. The van der Waals surface area contributed by atoms with Crippen LogP contribution in [0.15, 0.2) is 30.6 Å². The minimum atomic E-state index is -1.11. The average Bonchev–Trinajstić information content (AvgIpc) is 3.09. The van der Waals surface area contributed by atoms with E-state index >= 15 is 0 Å². The molecule has 1 fully saturated rings. The van der Waals surface area contributed by atoms with Gasteiger partial charge in [0.05, 0.1) is 6.54 Å². The Hall–Kier alpha value is -2.52. The third-order valence-electron chi connectivity index (χ3n) is 4.75. The van der Waals surface area contributed by atoms with Crippen molar-refractivity contribution in [3.8, 4) is 11.5 Å². The molecule has 0 aliphatic carbocycles. The van der Waals surface area contributed by atoms with Crippen LogP contribution in [0.25, 0.3) is 0 Å². The second kappa shape index (κ2) is 7.01. The lowest BCUT2D eigenvalue weighted by atomic mass is 9.78. The maximum absolute atomic E-state index is 11.7. The summed E-state index contributed by atoms with van der Waals surface area (Å²) in [6.07, 6.45) is 4.66. The smallest absolute Gasteiger partial charge is 0.522 e. The number of benzene rings is 1. The highest BCUT2D eigenvalue weighted by Crippen LogP contribution is 2.37. The van der Waals surface area contributed by atoms with Crippen LogP contribution in [0.3, 0.4) is 0 Å². The van der Waals surface area contributed by atoms with Crippen molar-refractivity contribution < 1.29 is 24.3 Å². The fraction of sp³-hybridized carbons (Fsp3) is 0.412. The van der Waals surface area contributed by atoms with Crippen LogP contribution in [-0.4, -0.2) is 63.6 Å². The molecule has 0 spiro atoms. The molecule has 136 valence electrons. The highest BCUT2D eigenvalue weighted by molar-refractivity contribution is 6.44. The quantitative estimate of drug-likeness (QED) is 0.737. The van der Waals surface area contributed by atoms with Gasteiger partial charge in [0.2, 0.25) is 0 Å². The molecule has 2 N–H and O–H groups in total. The summed E-state index contributed by atoms with van der Waals surface area (Å²) in [4.78, 5) is 14.0. The molecule has 0 atom stereocenters. The van der Waals surface area contributed by atoms with Crippen molar-refractivity contribution >= 4 is 13.1 Å². The standard InChI is InChI=1S/C17H20BN3O5/c22-17(23)15-14(3-2-12-4-5-18(24)26-16(12)15)25-13-10-20(11-13)8-9-21-7-1-6-19-21/h1-3,6-7,13,24H,4-5,8-11H2,(H,22,23). The molecule has 1 aromatic carbocycles. The number of rotatable bonds is 6. The van der Waals surface area contributed by atoms with Gasteiger partial charge in [0, 0.05) is 32.0 Å². The summed E-state index contributed by atoms with van der Waals surface area (Å²) < 4.78 is 13.2. The van der Waals surface area contributed by atoms with Crippen molar-refractivity contribution in [2.75, 3.05) is 19.6 Å². The van der Waals surface area contributed by atoms with E-state index in [0.29, 0.717) is 18.5 Å². The molecule has 2 aromatic rings. The predicted molar refractivity (Wildman–Crippen MR) is 93.6 cm³/mol. The zero-order valence-corrected chi connectivity index (χ0v) is 14.2. The lowest BCUT2D eigenvalue weighted by Crippen LogP contribution is -2.54. The Morgan fingerprint density at radius 3 is 2.96 bits per heavy atom. The first kappa shape index (κ1) is 16.9. The summed E-state index contributed by atoms with van der Waals surface area (Å²) in [7, 11) is -0.975. The van der Waals surface area contributed by atoms with Crippen molar-refractivity contribution in [1.29, 1.82) is 0 Å². The Kier molecular flexibility index (Phi) is 4.56. The first-order chi connectivity index (χ1) is 12.6. The molecule has 2 aliphatic rings. The number of likely N-dealkylation sites (tertiary alicyclic amines) is 1. The topological polar surface area (TPSA) is 97.1 Å². The van der Waals surface area contributed by atoms with E-state index < -0.39 is 13.1 Å². The molecule has 3 heterocycles. The average molecular weight is 357 g/mol. The van der Waals surface area contributed by atoms with Crippen LogP contribution in [0.4, 0.5) is 0 Å². The van der Waals surface area contributed by atoms with Gasteiger partial charge in [-0.1, -0.05) is 6.07 Å². The van der Waals surface area contributed by atoms with Crippen molar-refractivity contribution in [3.05, 3.63) is 41.7 Å². The predicted octanol–water partition coefficient (Wildman–Crippen LogP) is 0.760. The largest absolute Gasteiger partial charge is 0.535 e. The van der Waals surface area contributed by atoms with E-state index in [1.807, 2.05) is 23.0 Å².